The van der Waals surface area contributed by atoms with Gasteiger partial charge < -0.3 is 9.84 Å². The van der Waals surface area contributed by atoms with Gasteiger partial charge in [-0.3, -0.25) is 9.69 Å². The van der Waals surface area contributed by atoms with Crippen LogP contribution in [0.4, 0.5) is 0 Å². The van der Waals surface area contributed by atoms with Crippen molar-refractivity contribution in [2.45, 2.75) is 32.2 Å². The van der Waals surface area contributed by atoms with Gasteiger partial charge in [-0.2, -0.15) is 4.98 Å². The van der Waals surface area contributed by atoms with Crippen molar-refractivity contribution in [1.29, 1.82) is 0 Å². The fraction of sp³-hybridized carbons (Fsp3) is 0.409. The van der Waals surface area contributed by atoms with E-state index in [2.05, 4.69) is 20.4 Å². The van der Waals surface area contributed by atoms with E-state index >= 15 is 0 Å². The molecule has 1 fully saturated rings. The minimum atomic E-state index is -0.00116. The number of nitrogens with one attached hydrogen (secondary N) is 1. The van der Waals surface area contributed by atoms with Crippen LogP contribution in [0.1, 0.15) is 30.7 Å². The Balaban J connectivity index is 1.22. The molecule has 158 valence electrons. The second-order valence-electron chi connectivity index (χ2n) is 7.55. The first-order valence-corrected chi connectivity index (χ1v) is 11.5. The van der Waals surface area contributed by atoms with Gasteiger partial charge in [-0.25, -0.2) is 0 Å². The maximum absolute atomic E-state index is 12.6. The van der Waals surface area contributed by atoms with E-state index in [0.29, 0.717) is 31.3 Å². The second-order valence-corrected chi connectivity index (χ2v) is 8.90. The van der Waals surface area contributed by atoms with Crippen molar-refractivity contribution in [3.63, 3.8) is 0 Å². The Kier molecular flexibility index (Phi) is 7.15. The van der Waals surface area contributed by atoms with E-state index in [-0.39, 0.29) is 11.8 Å². The fourth-order valence-corrected chi connectivity index (χ4v) is 4.64. The molecule has 1 N–H and O–H groups in total. The van der Waals surface area contributed by atoms with E-state index in [1.807, 2.05) is 41.8 Å². The summed E-state index contributed by atoms with van der Waals surface area (Å²) in [5, 5.41) is 9.94. The summed E-state index contributed by atoms with van der Waals surface area (Å²) in [5.41, 5.74) is 1.12. The predicted octanol–water partition coefficient (Wildman–Crippen LogP) is 4.41. The lowest BCUT2D eigenvalue weighted by molar-refractivity contribution is -0.126. The molecule has 0 bridgehead atoms. The Morgan fingerprint density at radius 1 is 1.30 bits per heavy atom. The van der Waals surface area contributed by atoms with Gasteiger partial charge in [-0.1, -0.05) is 41.0 Å². The highest BCUT2D eigenvalue weighted by molar-refractivity contribution is 7.13. The summed E-state index contributed by atoms with van der Waals surface area (Å²) in [6.07, 6.45) is 3.64. The quantitative estimate of drug-likeness (QED) is 0.521. The molecule has 1 saturated heterocycles. The van der Waals surface area contributed by atoms with Gasteiger partial charge in [0.1, 0.15) is 0 Å². The number of amides is 1. The van der Waals surface area contributed by atoms with Crippen LogP contribution in [0.2, 0.25) is 5.02 Å². The highest BCUT2D eigenvalue weighted by Crippen LogP contribution is 2.23. The molecule has 4 rings (SSSR count). The number of hydrogen-bond acceptors (Lipinski definition) is 6. The van der Waals surface area contributed by atoms with Crippen LogP contribution >= 0.6 is 22.9 Å². The second kappa shape index (κ2) is 10.2. The van der Waals surface area contributed by atoms with Crippen LogP contribution in [0.3, 0.4) is 0 Å². The fourth-order valence-electron chi connectivity index (χ4n) is 3.77. The van der Waals surface area contributed by atoms with E-state index in [4.69, 9.17) is 16.1 Å². The smallest absolute Gasteiger partial charge is 0.241 e. The molecule has 1 amide bonds. The number of carbonyl (C=O) groups is 1. The molecule has 6 nitrogen and oxygen atoms in total. The van der Waals surface area contributed by atoms with Gasteiger partial charge in [-0.15, -0.1) is 11.3 Å². The summed E-state index contributed by atoms with van der Waals surface area (Å²) in [6, 6.07) is 11.8. The summed E-state index contributed by atoms with van der Waals surface area (Å²) in [4.78, 5) is 20.3. The zero-order chi connectivity index (χ0) is 20.8. The van der Waals surface area contributed by atoms with Crippen molar-refractivity contribution in [2.24, 2.45) is 5.92 Å². The maximum atomic E-state index is 12.6. The van der Waals surface area contributed by atoms with Crippen LogP contribution in [0.25, 0.3) is 10.7 Å². The average Bonchev–Trinajstić information content (AvgIpc) is 3.44. The Bertz CT molecular complexity index is 960. The number of hydrogen-bond donors (Lipinski definition) is 1. The SMILES string of the molecule is O=C(NCCCc1ccccc1Cl)C1CCCN(Cc2nc(-c3cccs3)no2)C1. The number of thiophene rings is 1. The lowest BCUT2D eigenvalue weighted by atomic mass is 9.97. The highest BCUT2D eigenvalue weighted by Gasteiger charge is 2.26. The summed E-state index contributed by atoms with van der Waals surface area (Å²) >= 11 is 7.78. The number of rotatable bonds is 8. The monoisotopic (exact) mass is 444 g/mol. The van der Waals surface area contributed by atoms with Crippen LogP contribution in [0.5, 0.6) is 0 Å². The first kappa shape index (κ1) is 21.0. The molecule has 1 aliphatic heterocycles. The Morgan fingerprint density at radius 3 is 3.03 bits per heavy atom. The lowest BCUT2D eigenvalue weighted by Crippen LogP contribution is -2.43. The third-order valence-electron chi connectivity index (χ3n) is 5.32. The third kappa shape index (κ3) is 5.47. The summed E-state index contributed by atoms with van der Waals surface area (Å²) < 4.78 is 5.41. The van der Waals surface area contributed by atoms with E-state index in [1.54, 1.807) is 11.3 Å². The van der Waals surface area contributed by atoms with Crippen LogP contribution in [0.15, 0.2) is 46.3 Å². The third-order valence-corrected chi connectivity index (χ3v) is 6.56. The maximum Gasteiger partial charge on any atom is 0.241 e. The predicted molar refractivity (Wildman–Crippen MR) is 118 cm³/mol. The van der Waals surface area contributed by atoms with Crippen LogP contribution in [0, 0.1) is 5.92 Å². The van der Waals surface area contributed by atoms with Crippen molar-refractivity contribution >= 4 is 28.8 Å². The largest absolute Gasteiger partial charge is 0.356 e. The highest BCUT2D eigenvalue weighted by atomic mass is 35.5. The van der Waals surface area contributed by atoms with Gasteiger partial charge in [0.25, 0.3) is 0 Å². The number of nitrogens with zero attached hydrogens (tertiary/aromatic N) is 3. The van der Waals surface area contributed by atoms with E-state index in [9.17, 15) is 4.79 Å². The van der Waals surface area contributed by atoms with Crippen molar-refractivity contribution < 1.29 is 9.32 Å². The summed E-state index contributed by atoms with van der Waals surface area (Å²) in [6.45, 7) is 2.89. The zero-order valence-electron chi connectivity index (χ0n) is 16.7. The normalized spacial score (nSPS) is 17.2. The minimum absolute atomic E-state index is 0.00116. The van der Waals surface area contributed by atoms with Gasteiger partial charge in [-0.05, 0) is 55.3 Å². The van der Waals surface area contributed by atoms with Crippen LogP contribution in [-0.4, -0.2) is 40.6 Å². The molecule has 1 unspecified atom stereocenters. The molecule has 0 radical (unpaired) electrons. The van der Waals surface area contributed by atoms with E-state index < -0.39 is 0 Å². The molecule has 30 heavy (non-hydrogen) atoms. The number of benzene rings is 1. The molecular weight excluding hydrogens is 420 g/mol. The van der Waals surface area contributed by atoms with Gasteiger partial charge >= 0.3 is 0 Å². The molecule has 2 aromatic heterocycles. The first-order valence-electron chi connectivity index (χ1n) is 10.3. The van der Waals surface area contributed by atoms with Gasteiger partial charge in [0.2, 0.25) is 17.6 Å². The standard InChI is InChI=1S/C22H25ClN4O2S/c23-18-9-2-1-6-16(18)7-3-11-24-22(28)17-8-4-12-27(14-17)15-20-25-21(26-29-20)19-10-5-13-30-19/h1-2,5-6,9-10,13,17H,3-4,7-8,11-12,14-15H2,(H,24,28). The van der Waals surface area contributed by atoms with Crippen molar-refractivity contribution in [3.8, 4) is 10.7 Å². The summed E-state index contributed by atoms with van der Waals surface area (Å²) in [5.74, 6) is 1.35. The van der Waals surface area contributed by atoms with Gasteiger partial charge in [0.05, 0.1) is 17.3 Å². The zero-order valence-corrected chi connectivity index (χ0v) is 18.3. The number of piperidine rings is 1. The number of aromatic nitrogens is 2. The molecule has 0 spiro atoms. The van der Waals surface area contributed by atoms with Gasteiger partial charge in [0, 0.05) is 18.1 Å². The minimum Gasteiger partial charge on any atom is -0.356 e. The molecule has 1 atom stereocenters. The molecule has 3 heterocycles. The topological polar surface area (TPSA) is 71.3 Å². The van der Waals surface area contributed by atoms with Crippen molar-refractivity contribution in [2.75, 3.05) is 19.6 Å². The van der Waals surface area contributed by atoms with Crippen molar-refractivity contribution in [3.05, 3.63) is 58.3 Å². The number of carbonyl (C=O) groups excluding carboxylic acids is 1. The first-order chi connectivity index (χ1) is 14.7. The van der Waals surface area contributed by atoms with E-state index in [1.165, 1.54) is 0 Å². The summed E-state index contributed by atoms with van der Waals surface area (Å²) in [7, 11) is 0. The van der Waals surface area contributed by atoms with Crippen LogP contribution in [-0.2, 0) is 17.8 Å². The van der Waals surface area contributed by atoms with Gasteiger partial charge in [0.15, 0.2) is 0 Å². The Hall–Kier alpha value is -2.22. The molecule has 3 aromatic rings. The molecule has 0 saturated carbocycles. The Morgan fingerprint density at radius 2 is 2.20 bits per heavy atom. The van der Waals surface area contributed by atoms with E-state index in [0.717, 1.165) is 47.7 Å². The number of likely N-dealkylation sites (tertiary alicyclic amines) is 1. The molecule has 8 heteroatoms. The molecule has 0 aliphatic carbocycles. The van der Waals surface area contributed by atoms with Crippen LogP contribution < -0.4 is 5.32 Å². The molecular formula is C22H25ClN4O2S. The Labute approximate surface area is 185 Å². The van der Waals surface area contributed by atoms with Crippen molar-refractivity contribution in [1.82, 2.24) is 20.4 Å². The average molecular weight is 445 g/mol. The molecule has 1 aromatic carbocycles. The molecule has 1 aliphatic rings. The lowest BCUT2D eigenvalue weighted by Gasteiger charge is -2.30. The number of aryl methyl sites for hydroxylation is 1. The number of halogens is 1.